The number of oxazole rings is 1. The van der Waals surface area contributed by atoms with Gasteiger partial charge in [0.15, 0.2) is 11.7 Å². The number of hydrogen-bond donors (Lipinski definition) is 1. The molecule has 0 unspecified atom stereocenters. The third kappa shape index (κ3) is 4.54. The van der Waals surface area contributed by atoms with Crippen LogP contribution in [0.4, 0.5) is 11.4 Å². The zero-order valence-electron chi connectivity index (χ0n) is 16.1. The van der Waals surface area contributed by atoms with E-state index in [0.29, 0.717) is 43.8 Å². The van der Waals surface area contributed by atoms with Crippen molar-refractivity contribution < 1.29 is 14.0 Å². The number of benzene rings is 2. The number of aryl methyl sites for hydroxylation is 1. The average molecular weight is 389 g/mol. The van der Waals surface area contributed by atoms with E-state index in [4.69, 9.17) is 4.42 Å². The summed E-state index contributed by atoms with van der Waals surface area (Å²) in [5.74, 6) is 1.37. The molecular weight excluding hydrogens is 366 g/mol. The van der Waals surface area contributed by atoms with Crippen molar-refractivity contribution in [3.8, 4) is 11.3 Å². The van der Waals surface area contributed by atoms with Gasteiger partial charge >= 0.3 is 0 Å². The summed E-state index contributed by atoms with van der Waals surface area (Å²) in [7, 11) is 0. The normalized spacial score (nSPS) is 13.7. The van der Waals surface area contributed by atoms with Crippen LogP contribution in [0.15, 0.2) is 65.2 Å². The van der Waals surface area contributed by atoms with Crippen molar-refractivity contribution in [1.82, 2.24) is 4.98 Å². The van der Waals surface area contributed by atoms with Gasteiger partial charge in [-0.05, 0) is 25.0 Å². The summed E-state index contributed by atoms with van der Waals surface area (Å²) in [5, 5.41) is 2.94. The molecule has 0 radical (unpaired) electrons. The monoisotopic (exact) mass is 389 g/mol. The minimum absolute atomic E-state index is 0.0843. The van der Waals surface area contributed by atoms with E-state index in [9.17, 15) is 9.59 Å². The van der Waals surface area contributed by atoms with Gasteiger partial charge in [0.05, 0.1) is 17.6 Å². The number of amides is 2. The van der Waals surface area contributed by atoms with Crippen molar-refractivity contribution in [2.24, 2.45) is 0 Å². The number of para-hydroxylation sites is 2. The van der Waals surface area contributed by atoms with E-state index in [1.165, 1.54) is 0 Å². The topological polar surface area (TPSA) is 75.4 Å². The number of aromatic nitrogens is 1. The smallest absolute Gasteiger partial charge is 0.227 e. The summed E-state index contributed by atoms with van der Waals surface area (Å²) in [6.45, 7) is 0.694. The van der Waals surface area contributed by atoms with Crippen molar-refractivity contribution in [2.75, 3.05) is 16.8 Å². The van der Waals surface area contributed by atoms with Crippen LogP contribution >= 0.6 is 0 Å². The standard InChI is InChI=1S/C23H23N3O3/c27-21(25-18-10-4-5-11-19(18)26-15-7-14-23(26)28)12-6-13-22-24-16-20(29-22)17-8-2-1-3-9-17/h1-5,8-11,16H,6-7,12-15H2,(H,25,27). The van der Waals surface area contributed by atoms with Crippen LogP contribution in [-0.4, -0.2) is 23.3 Å². The Balaban J connectivity index is 1.31. The van der Waals surface area contributed by atoms with Crippen LogP contribution in [-0.2, 0) is 16.0 Å². The number of rotatable bonds is 7. The molecule has 29 heavy (non-hydrogen) atoms. The molecule has 1 aliphatic rings. The van der Waals surface area contributed by atoms with Crippen molar-refractivity contribution >= 4 is 23.2 Å². The second-order valence-corrected chi connectivity index (χ2v) is 7.05. The molecule has 1 aromatic heterocycles. The molecule has 148 valence electrons. The SMILES string of the molecule is O=C(CCCc1ncc(-c2ccccc2)o1)Nc1ccccc1N1CCCC1=O. The minimum atomic E-state index is -0.0843. The maximum absolute atomic E-state index is 12.4. The first-order chi connectivity index (χ1) is 14.2. The van der Waals surface area contributed by atoms with Crippen molar-refractivity contribution in [1.29, 1.82) is 0 Å². The molecule has 1 aliphatic heterocycles. The second kappa shape index (κ2) is 8.73. The summed E-state index contributed by atoms with van der Waals surface area (Å²) >= 11 is 0. The number of nitrogens with one attached hydrogen (secondary N) is 1. The third-order valence-electron chi connectivity index (χ3n) is 4.95. The molecule has 2 amide bonds. The van der Waals surface area contributed by atoms with Crippen LogP contribution in [0.2, 0.25) is 0 Å². The quantitative estimate of drug-likeness (QED) is 0.649. The highest BCUT2D eigenvalue weighted by Gasteiger charge is 2.24. The second-order valence-electron chi connectivity index (χ2n) is 7.05. The zero-order chi connectivity index (χ0) is 20.1. The molecule has 0 atom stereocenters. The Hall–Kier alpha value is -3.41. The lowest BCUT2D eigenvalue weighted by Crippen LogP contribution is -2.25. The average Bonchev–Trinajstić information content (AvgIpc) is 3.38. The third-order valence-corrected chi connectivity index (χ3v) is 4.95. The van der Waals surface area contributed by atoms with Crippen LogP contribution in [0.1, 0.15) is 31.6 Å². The van der Waals surface area contributed by atoms with Gasteiger partial charge in [-0.2, -0.15) is 0 Å². The molecule has 6 heteroatoms. The highest BCUT2D eigenvalue weighted by molar-refractivity contribution is 6.02. The van der Waals surface area contributed by atoms with Crippen molar-refractivity contribution in [3.63, 3.8) is 0 Å². The Morgan fingerprint density at radius 1 is 1.10 bits per heavy atom. The summed E-state index contributed by atoms with van der Waals surface area (Å²) in [6, 6.07) is 17.2. The fourth-order valence-electron chi connectivity index (χ4n) is 3.49. The van der Waals surface area contributed by atoms with Crippen LogP contribution < -0.4 is 10.2 Å². The Labute approximate surface area is 169 Å². The first kappa shape index (κ1) is 18.9. The van der Waals surface area contributed by atoms with Gasteiger partial charge in [0.25, 0.3) is 0 Å². The maximum Gasteiger partial charge on any atom is 0.227 e. The van der Waals surface area contributed by atoms with Crippen molar-refractivity contribution in [3.05, 3.63) is 66.7 Å². The Morgan fingerprint density at radius 3 is 2.69 bits per heavy atom. The summed E-state index contributed by atoms with van der Waals surface area (Å²) in [4.78, 5) is 30.5. The van der Waals surface area contributed by atoms with Gasteiger partial charge in [-0.15, -0.1) is 0 Å². The number of hydrogen-bond acceptors (Lipinski definition) is 4. The molecule has 1 fully saturated rings. The Bertz CT molecular complexity index is 997. The number of carbonyl (C=O) groups is 2. The molecule has 4 rings (SSSR count). The molecule has 6 nitrogen and oxygen atoms in total. The van der Waals surface area contributed by atoms with Crippen LogP contribution in [0, 0.1) is 0 Å². The molecule has 1 saturated heterocycles. The van der Waals surface area contributed by atoms with Gasteiger partial charge in [0.2, 0.25) is 11.8 Å². The molecular formula is C23H23N3O3. The molecule has 3 aromatic rings. The highest BCUT2D eigenvalue weighted by Crippen LogP contribution is 2.29. The van der Waals surface area contributed by atoms with Gasteiger partial charge in [-0.25, -0.2) is 4.98 Å². The predicted octanol–water partition coefficient (Wildman–Crippen LogP) is 4.43. The lowest BCUT2D eigenvalue weighted by molar-refractivity contribution is -0.117. The number of nitrogens with zero attached hydrogens (tertiary/aromatic N) is 2. The minimum Gasteiger partial charge on any atom is -0.441 e. The first-order valence-corrected chi connectivity index (χ1v) is 9.90. The number of anilines is 2. The van der Waals surface area contributed by atoms with E-state index in [0.717, 1.165) is 23.4 Å². The zero-order valence-corrected chi connectivity index (χ0v) is 16.1. The number of carbonyl (C=O) groups excluding carboxylic acids is 2. The molecule has 0 spiro atoms. The maximum atomic E-state index is 12.4. The lowest BCUT2D eigenvalue weighted by atomic mass is 10.2. The Morgan fingerprint density at radius 2 is 1.90 bits per heavy atom. The molecule has 0 bridgehead atoms. The van der Waals surface area contributed by atoms with Crippen molar-refractivity contribution in [2.45, 2.75) is 32.1 Å². The van der Waals surface area contributed by atoms with Gasteiger partial charge < -0.3 is 14.6 Å². The molecule has 2 heterocycles. The fourth-order valence-corrected chi connectivity index (χ4v) is 3.49. The molecule has 1 N–H and O–H groups in total. The van der Waals surface area contributed by atoms with E-state index in [1.54, 1.807) is 11.1 Å². The largest absolute Gasteiger partial charge is 0.441 e. The fraction of sp³-hybridized carbons (Fsp3) is 0.261. The summed E-state index contributed by atoms with van der Waals surface area (Å²) < 4.78 is 5.78. The van der Waals surface area contributed by atoms with Gasteiger partial charge in [0, 0.05) is 31.4 Å². The van der Waals surface area contributed by atoms with Crippen LogP contribution in [0.25, 0.3) is 11.3 Å². The van der Waals surface area contributed by atoms with E-state index >= 15 is 0 Å². The summed E-state index contributed by atoms with van der Waals surface area (Å²) in [6.07, 6.45) is 4.70. The van der Waals surface area contributed by atoms with E-state index in [2.05, 4.69) is 10.3 Å². The molecule has 0 aliphatic carbocycles. The lowest BCUT2D eigenvalue weighted by Gasteiger charge is -2.19. The van der Waals surface area contributed by atoms with E-state index in [1.807, 2.05) is 54.6 Å². The summed E-state index contributed by atoms with van der Waals surface area (Å²) in [5.41, 5.74) is 2.43. The highest BCUT2D eigenvalue weighted by atomic mass is 16.4. The predicted molar refractivity (Wildman–Crippen MR) is 112 cm³/mol. The van der Waals surface area contributed by atoms with Gasteiger partial charge in [-0.1, -0.05) is 42.5 Å². The molecule has 2 aromatic carbocycles. The van der Waals surface area contributed by atoms with Crippen LogP contribution in [0.5, 0.6) is 0 Å². The Kier molecular flexibility index (Phi) is 5.70. The van der Waals surface area contributed by atoms with Gasteiger partial charge in [0.1, 0.15) is 0 Å². The van der Waals surface area contributed by atoms with Gasteiger partial charge in [-0.3, -0.25) is 9.59 Å². The van der Waals surface area contributed by atoms with E-state index in [-0.39, 0.29) is 11.8 Å². The first-order valence-electron chi connectivity index (χ1n) is 9.90. The van der Waals surface area contributed by atoms with E-state index < -0.39 is 0 Å². The molecule has 0 saturated carbocycles. The van der Waals surface area contributed by atoms with Crippen LogP contribution in [0.3, 0.4) is 0 Å².